The Bertz CT molecular complexity index is 440. The summed E-state index contributed by atoms with van der Waals surface area (Å²) >= 11 is 0. The van der Waals surface area contributed by atoms with E-state index < -0.39 is 0 Å². The maximum atomic E-state index is 6.02. The first-order valence-electron chi connectivity index (χ1n) is 6.43. The summed E-state index contributed by atoms with van der Waals surface area (Å²) in [5, 5.41) is 0. The third-order valence-corrected chi connectivity index (χ3v) is 3.41. The number of hydrogen-bond acceptors (Lipinski definition) is 3. The van der Waals surface area contributed by atoms with Gasteiger partial charge in [0.2, 0.25) is 0 Å². The van der Waals surface area contributed by atoms with Gasteiger partial charge in [-0.15, -0.1) is 0 Å². The Labute approximate surface area is 109 Å². The number of benzene rings is 1. The highest BCUT2D eigenvalue weighted by atomic mass is 16.5. The fourth-order valence-corrected chi connectivity index (χ4v) is 2.33. The van der Waals surface area contributed by atoms with Crippen LogP contribution in [0.15, 0.2) is 29.8 Å². The predicted molar refractivity (Wildman–Crippen MR) is 75.4 cm³/mol. The first kappa shape index (κ1) is 13.1. The lowest BCUT2D eigenvalue weighted by atomic mass is 10.1. The molecule has 0 unspecified atom stereocenters. The number of ether oxygens (including phenoxy) is 1. The number of anilines is 1. The summed E-state index contributed by atoms with van der Waals surface area (Å²) in [6.07, 6.45) is 3.37. The minimum Gasteiger partial charge on any atom is -0.398 e. The average Bonchev–Trinajstić information content (AvgIpc) is 2.37. The molecule has 0 bridgehead atoms. The summed E-state index contributed by atoms with van der Waals surface area (Å²) in [6, 6.07) is 6.25. The lowest BCUT2D eigenvalue weighted by molar-refractivity contribution is 0.210. The minimum absolute atomic E-state index is 0.764. The Morgan fingerprint density at radius 3 is 2.89 bits per heavy atom. The second-order valence-corrected chi connectivity index (χ2v) is 4.98. The Hall–Kier alpha value is -1.32. The van der Waals surface area contributed by atoms with Gasteiger partial charge in [0.15, 0.2) is 0 Å². The van der Waals surface area contributed by atoms with E-state index in [1.807, 2.05) is 6.07 Å². The van der Waals surface area contributed by atoms with Gasteiger partial charge in [0, 0.05) is 32.4 Å². The molecule has 1 aliphatic heterocycles. The number of nitrogens with two attached hydrogens (primary N) is 1. The zero-order valence-electron chi connectivity index (χ0n) is 11.3. The number of nitrogen functional groups attached to an aromatic ring is 1. The summed E-state index contributed by atoms with van der Waals surface area (Å²) in [7, 11) is 1.75. The van der Waals surface area contributed by atoms with E-state index in [0.29, 0.717) is 0 Å². The molecule has 0 spiro atoms. The zero-order chi connectivity index (χ0) is 13.0. The third-order valence-electron chi connectivity index (χ3n) is 3.41. The molecule has 18 heavy (non-hydrogen) atoms. The summed E-state index contributed by atoms with van der Waals surface area (Å²) < 4.78 is 5.16. The molecule has 1 aromatic carbocycles. The van der Waals surface area contributed by atoms with Crippen LogP contribution in [0.5, 0.6) is 0 Å². The zero-order valence-corrected chi connectivity index (χ0v) is 11.3. The topological polar surface area (TPSA) is 38.5 Å². The molecule has 0 amide bonds. The van der Waals surface area contributed by atoms with Gasteiger partial charge in [0.25, 0.3) is 0 Å². The molecule has 0 saturated carbocycles. The molecule has 1 aliphatic rings. The van der Waals surface area contributed by atoms with Crippen molar-refractivity contribution in [2.45, 2.75) is 19.9 Å². The molecule has 0 saturated heterocycles. The Morgan fingerprint density at radius 2 is 2.22 bits per heavy atom. The molecule has 0 aliphatic carbocycles. The SMILES string of the molecule is COCC1=CCN(Cc2cc(C)ccc2N)CC1. The van der Waals surface area contributed by atoms with Crippen LogP contribution < -0.4 is 5.73 Å². The molecule has 2 rings (SSSR count). The predicted octanol–water partition coefficient (Wildman–Crippen LogP) is 2.36. The highest BCUT2D eigenvalue weighted by molar-refractivity contribution is 5.48. The molecule has 1 heterocycles. The Morgan fingerprint density at radius 1 is 1.39 bits per heavy atom. The van der Waals surface area contributed by atoms with Gasteiger partial charge in [0.1, 0.15) is 0 Å². The number of nitrogens with zero attached hydrogens (tertiary/aromatic N) is 1. The average molecular weight is 246 g/mol. The highest BCUT2D eigenvalue weighted by Gasteiger charge is 2.13. The molecular weight excluding hydrogens is 224 g/mol. The quantitative estimate of drug-likeness (QED) is 0.654. The number of aryl methyl sites for hydroxylation is 1. The van der Waals surface area contributed by atoms with Crippen molar-refractivity contribution in [1.82, 2.24) is 4.90 Å². The van der Waals surface area contributed by atoms with Crippen molar-refractivity contribution < 1.29 is 4.74 Å². The summed E-state index contributed by atoms with van der Waals surface area (Å²) in [6.45, 7) is 5.88. The monoisotopic (exact) mass is 246 g/mol. The molecule has 2 N–H and O–H groups in total. The van der Waals surface area contributed by atoms with Crippen LogP contribution >= 0.6 is 0 Å². The van der Waals surface area contributed by atoms with Gasteiger partial charge in [-0.2, -0.15) is 0 Å². The standard InChI is InChI=1S/C15H22N2O/c1-12-3-4-15(16)14(9-12)10-17-7-5-13(6-8-17)11-18-2/h3-5,9H,6-8,10-11,16H2,1-2H3. The van der Waals surface area contributed by atoms with E-state index in [2.05, 4.69) is 30.0 Å². The van der Waals surface area contributed by atoms with Crippen LogP contribution in [-0.2, 0) is 11.3 Å². The Kier molecular flexibility index (Phi) is 4.39. The van der Waals surface area contributed by atoms with Crippen LogP contribution in [0.4, 0.5) is 5.69 Å². The molecule has 98 valence electrons. The fourth-order valence-electron chi connectivity index (χ4n) is 2.33. The smallest absolute Gasteiger partial charge is 0.0673 e. The van der Waals surface area contributed by atoms with E-state index >= 15 is 0 Å². The van der Waals surface area contributed by atoms with E-state index in [-0.39, 0.29) is 0 Å². The van der Waals surface area contributed by atoms with Crippen molar-refractivity contribution in [2.75, 3.05) is 32.5 Å². The Balaban J connectivity index is 1.97. The van der Waals surface area contributed by atoms with Gasteiger partial charge < -0.3 is 10.5 Å². The van der Waals surface area contributed by atoms with Crippen molar-refractivity contribution in [3.63, 3.8) is 0 Å². The van der Waals surface area contributed by atoms with E-state index in [4.69, 9.17) is 10.5 Å². The third kappa shape index (κ3) is 3.34. The molecule has 3 heteroatoms. The van der Waals surface area contributed by atoms with Crippen LogP contribution in [0.2, 0.25) is 0 Å². The van der Waals surface area contributed by atoms with E-state index in [0.717, 1.165) is 38.3 Å². The maximum Gasteiger partial charge on any atom is 0.0673 e. The van der Waals surface area contributed by atoms with Crippen LogP contribution in [-0.4, -0.2) is 31.7 Å². The van der Waals surface area contributed by atoms with E-state index in [1.165, 1.54) is 16.7 Å². The van der Waals surface area contributed by atoms with E-state index in [9.17, 15) is 0 Å². The highest BCUT2D eigenvalue weighted by Crippen LogP contribution is 2.19. The fraction of sp³-hybridized carbons (Fsp3) is 0.467. The van der Waals surface area contributed by atoms with Gasteiger partial charge in [-0.3, -0.25) is 4.90 Å². The van der Waals surface area contributed by atoms with Crippen LogP contribution in [0.25, 0.3) is 0 Å². The van der Waals surface area contributed by atoms with Crippen molar-refractivity contribution in [1.29, 1.82) is 0 Å². The maximum absolute atomic E-state index is 6.02. The molecule has 0 atom stereocenters. The number of hydrogen-bond donors (Lipinski definition) is 1. The second kappa shape index (κ2) is 6.03. The second-order valence-electron chi connectivity index (χ2n) is 4.98. The van der Waals surface area contributed by atoms with Crippen LogP contribution in [0.1, 0.15) is 17.5 Å². The molecule has 0 radical (unpaired) electrons. The van der Waals surface area contributed by atoms with Gasteiger partial charge in [-0.1, -0.05) is 23.8 Å². The van der Waals surface area contributed by atoms with Gasteiger partial charge in [0.05, 0.1) is 6.61 Å². The minimum atomic E-state index is 0.764. The van der Waals surface area contributed by atoms with Crippen molar-refractivity contribution in [3.8, 4) is 0 Å². The molecular formula is C15H22N2O. The number of methoxy groups -OCH3 is 1. The molecule has 1 aromatic rings. The van der Waals surface area contributed by atoms with Crippen LogP contribution in [0, 0.1) is 6.92 Å². The van der Waals surface area contributed by atoms with Gasteiger partial charge in [-0.25, -0.2) is 0 Å². The van der Waals surface area contributed by atoms with E-state index in [1.54, 1.807) is 7.11 Å². The summed E-state index contributed by atoms with van der Waals surface area (Å²) in [5.41, 5.74) is 10.8. The molecule has 3 nitrogen and oxygen atoms in total. The number of rotatable bonds is 4. The summed E-state index contributed by atoms with van der Waals surface area (Å²) in [4.78, 5) is 2.42. The van der Waals surface area contributed by atoms with Crippen LogP contribution in [0.3, 0.4) is 0 Å². The largest absolute Gasteiger partial charge is 0.398 e. The first-order valence-corrected chi connectivity index (χ1v) is 6.43. The first-order chi connectivity index (χ1) is 8.69. The van der Waals surface area contributed by atoms with Crippen molar-refractivity contribution in [2.24, 2.45) is 0 Å². The van der Waals surface area contributed by atoms with Gasteiger partial charge in [-0.05, 0) is 30.5 Å². The lowest BCUT2D eigenvalue weighted by Crippen LogP contribution is -2.29. The normalized spacial score (nSPS) is 16.7. The van der Waals surface area contributed by atoms with Crippen molar-refractivity contribution >= 4 is 5.69 Å². The van der Waals surface area contributed by atoms with Gasteiger partial charge >= 0.3 is 0 Å². The summed E-state index contributed by atoms with van der Waals surface area (Å²) in [5.74, 6) is 0. The molecule has 0 fully saturated rings. The lowest BCUT2D eigenvalue weighted by Gasteiger charge is -2.26. The van der Waals surface area contributed by atoms with Crippen molar-refractivity contribution in [3.05, 3.63) is 41.0 Å². The molecule has 0 aromatic heterocycles.